The third kappa shape index (κ3) is 5.39. The van der Waals surface area contributed by atoms with E-state index in [1.54, 1.807) is 12.1 Å². The van der Waals surface area contributed by atoms with Gasteiger partial charge in [-0.15, -0.1) is 0 Å². The van der Waals surface area contributed by atoms with E-state index < -0.39 is 48.0 Å². The average molecular weight is 458 g/mol. The van der Waals surface area contributed by atoms with Gasteiger partial charge in [0.2, 0.25) is 11.8 Å². The second-order valence-electron chi connectivity index (χ2n) is 8.79. The van der Waals surface area contributed by atoms with Gasteiger partial charge in [-0.3, -0.25) is 19.2 Å². The first-order valence-corrected chi connectivity index (χ1v) is 11.2. The first-order chi connectivity index (χ1) is 15.9. The smallest absolute Gasteiger partial charge is 0.268 e. The molecule has 4 rings (SSSR count). The summed E-state index contributed by atoms with van der Waals surface area (Å²) in [6, 6.07) is 4.07. The van der Waals surface area contributed by atoms with Crippen LogP contribution in [0.15, 0.2) is 24.3 Å². The highest BCUT2D eigenvalue weighted by molar-refractivity contribution is 6.01. The van der Waals surface area contributed by atoms with Gasteiger partial charge < -0.3 is 26.0 Å². The number of carbonyl (C=O) groups is 4. The Labute approximate surface area is 189 Å². The van der Waals surface area contributed by atoms with Crippen LogP contribution in [0.3, 0.4) is 0 Å². The van der Waals surface area contributed by atoms with Gasteiger partial charge in [-0.1, -0.05) is 25.0 Å². The van der Waals surface area contributed by atoms with E-state index in [-0.39, 0.29) is 29.5 Å². The van der Waals surface area contributed by atoms with Gasteiger partial charge >= 0.3 is 0 Å². The van der Waals surface area contributed by atoms with Crippen LogP contribution in [-0.4, -0.2) is 58.8 Å². The van der Waals surface area contributed by atoms with Gasteiger partial charge in [0, 0.05) is 17.8 Å². The standard InChI is InChI=1S/C23H27FN4O5/c24-15-3-1-2-13-9-18(26-20(13)15)23(33)28-17(8-12-4-5-12)22(32)27-16(19(30)11-29)10-14-6-7-25-21(14)31/h1-3,9,12,14,16-17,26,29H,4-8,10-11H2,(H,25,31)(H,27,32)(H,28,33)/t14-,16-,17-/m0/s1. The van der Waals surface area contributed by atoms with Crippen LogP contribution < -0.4 is 16.0 Å². The number of hydrogen-bond donors (Lipinski definition) is 5. The molecule has 0 unspecified atom stereocenters. The maximum atomic E-state index is 14.0. The summed E-state index contributed by atoms with van der Waals surface area (Å²) in [6.45, 7) is -0.261. The van der Waals surface area contributed by atoms with E-state index in [0.717, 1.165) is 12.8 Å². The van der Waals surface area contributed by atoms with Crippen LogP contribution in [0.25, 0.3) is 10.9 Å². The van der Waals surface area contributed by atoms with E-state index in [2.05, 4.69) is 20.9 Å². The summed E-state index contributed by atoms with van der Waals surface area (Å²) in [4.78, 5) is 52.8. The number of carbonyl (C=O) groups excluding carboxylic acids is 4. The van der Waals surface area contributed by atoms with Gasteiger partial charge in [-0.2, -0.15) is 0 Å². The minimum Gasteiger partial charge on any atom is -0.389 e. The zero-order valence-corrected chi connectivity index (χ0v) is 18.0. The number of aliphatic hydroxyl groups is 1. The van der Waals surface area contributed by atoms with Crippen LogP contribution in [0.5, 0.6) is 0 Å². The van der Waals surface area contributed by atoms with Crippen molar-refractivity contribution in [1.29, 1.82) is 0 Å². The number of amides is 3. The molecular formula is C23H27FN4O5. The number of Topliss-reactive ketones (excluding diaryl/α,β-unsaturated/α-hetero) is 1. The maximum Gasteiger partial charge on any atom is 0.268 e. The van der Waals surface area contributed by atoms with Gasteiger partial charge in [0.25, 0.3) is 5.91 Å². The van der Waals surface area contributed by atoms with Crippen molar-refractivity contribution >= 4 is 34.4 Å². The van der Waals surface area contributed by atoms with E-state index >= 15 is 0 Å². The Bertz CT molecular complexity index is 1080. The van der Waals surface area contributed by atoms with E-state index in [4.69, 9.17) is 0 Å². The third-order valence-electron chi connectivity index (χ3n) is 6.28. The molecule has 1 aromatic carbocycles. The van der Waals surface area contributed by atoms with Crippen LogP contribution in [0.2, 0.25) is 0 Å². The second-order valence-corrected chi connectivity index (χ2v) is 8.79. The quantitative estimate of drug-likeness (QED) is 0.358. The van der Waals surface area contributed by atoms with Crippen LogP contribution in [-0.2, 0) is 14.4 Å². The number of ketones is 1. The predicted molar refractivity (Wildman–Crippen MR) is 117 cm³/mol. The van der Waals surface area contributed by atoms with Crippen molar-refractivity contribution in [2.24, 2.45) is 11.8 Å². The molecule has 1 saturated carbocycles. The lowest BCUT2D eigenvalue weighted by Crippen LogP contribution is -2.53. The summed E-state index contributed by atoms with van der Waals surface area (Å²) in [6.07, 6.45) is 2.92. The number of aromatic nitrogens is 1. The fraction of sp³-hybridized carbons (Fsp3) is 0.478. The molecule has 9 nitrogen and oxygen atoms in total. The minimum atomic E-state index is -1.03. The molecule has 0 bridgehead atoms. The number of rotatable bonds is 10. The summed E-state index contributed by atoms with van der Waals surface area (Å²) < 4.78 is 14.0. The molecule has 1 aliphatic heterocycles. The maximum absolute atomic E-state index is 14.0. The number of nitrogens with one attached hydrogen (secondary N) is 4. The van der Waals surface area contributed by atoms with Gasteiger partial charge in [0.15, 0.2) is 5.78 Å². The Morgan fingerprint density at radius 2 is 1.91 bits per heavy atom. The summed E-state index contributed by atoms with van der Waals surface area (Å²) in [5.41, 5.74) is 0.323. The van der Waals surface area contributed by atoms with Gasteiger partial charge in [-0.05, 0) is 37.3 Å². The van der Waals surface area contributed by atoms with Gasteiger partial charge in [0.1, 0.15) is 24.2 Å². The summed E-state index contributed by atoms with van der Waals surface area (Å²) in [5.74, 6) is -2.52. The molecular weight excluding hydrogens is 431 g/mol. The largest absolute Gasteiger partial charge is 0.389 e. The molecule has 33 heavy (non-hydrogen) atoms. The van der Waals surface area contributed by atoms with Crippen molar-refractivity contribution in [3.8, 4) is 0 Å². The highest BCUT2D eigenvalue weighted by Crippen LogP contribution is 2.33. The lowest BCUT2D eigenvalue weighted by atomic mass is 9.95. The highest BCUT2D eigenvalue weighted by atomic mass is 19.1. The number of benzene rings is 1. The van der Waals surface area contributed by atoms with E-state index in [1.807, 2.05) is 0 Å². The van der Waals surface area contributed by atoms with Crippen LogP contribution >= 0.6 is 0 Å². The molecule has 1 saturated heterocycles. The molecule has 5 N–H and O–H groups in total. The molecule has 2 heterocycles. The molecule has 176 valence electrons. The lowest BCUT2D eigenvalue weighted by molar-refractivity contribution is -0.131. The normalized spacial score (nSPS) is 19.7. The number of H-pyrrole nitrogens is 1. The molecule has 1 aliphatic carbocycles. The average Bonchev–Trinajstić information content (AvgIpc) is 3.35. The lowest BCUT2D eigenvalue weighted by Gasteiger charge is -2.23. The zero-order valence-electron chi connectivity index (χ0n) is 18.0. The molecule has 3 amide bonds. The van der Waals surface area contributed by atoms with Crippen LogP contribution in [0.1, 0.15) is 42.6 Å². The SMILES string of the molecule is O=C(N[C@@H](CC1CC1)C(=O)N[C@@H](C[C@@H]1CCNC1=O)C(=O)CO)c1cc2cccc(F)c2[nH]1. The highest BCUT2D eigenvalue weighted by Gasteiger charge is 2.35. The summed E-state index contributed by atoms with van der Waals surface area (Å²) in [7, 11) is 0. The van der Waals surface area contributed by atoms with Crippen LogP contribution in [0, 0.1) is 17.7 Å². The van der Waals surface area contributed by atoms with E-state index in [1.165, 1.54) is 12.1 Å². The topological polar surface area (TPSA) is 140 Å². The Balaban J connectivity index is 1.47. The van der Waals surface area contributed by atoms with E-state index in [9.17, 15) is 28.7 Å². The first kappa shape index (κ1) is 22.9. The number of para-hydroxylation sites is 1. The molecule has 2 fully saturated rings. The Kier molecular flexibility index (Phi) is 6.73. The van der Waals surface area contributed by atoms with Crippen molar-refractivity contribution in [3.63, 3.8) is 0 Å². The molecule has 0 radical (unpaired) electrons. The van der Waals surface area contributed by atoms with Gasteiger partial charge in [-0.25, -0.2) is 4.39 Å². The van der Waals surface area contributed by atoms with Crippen molar-refractivity contribution in [2.75, 3.05) is 13.2 Å². The number of aromatic amines is 1. The fourth-order valence-electron chi connectivity index (χ4n) is 4.20. The van der Waals surface area contributed by atoms with Crippen molar-refractivity contribution in [1.82, 2.24) is 20.9 Å². The molecule has 2 aliphatic rings. The van der Waals surface area contributed by atoms with Crippen molar-refractivity contribution < 1.29 is 28.7 Å². The van der Waals surface area contributed by atoms with Gasteiger partial charge in [0.05, 0.1) is 11.6 Å². The summed E-state index contributed by atoms with van der Waals surface area (Å²) >= 11 is 0. The molecule has 0 spiro atoms. The summed E-state index contributed by atoms with van der Waals surface area (Å²) in [5, 5.41) is 17.9. The second kappa shape index (κ2) is 9.70. The van der Waals surface area contributed by atoms with Crippen molar-refractivity contribution in [3.05, 3.63) is 35.8 Å². The molecule has 2 aromatic rings. The first-order valence-electron chi connectivity index (χ1n) is 11.2. The number of fused-ring (bicyclic) bond motifs is 1. The van der Waals surface area contributed by atoms with E-state index in [0.29, 0.717) is 24.8 Å². The van der Waals surface area contributed by atoms with Crippen LogP contribution in [0.4, 0.5) is 4.39 Å². The Hall–Kier alpha value is -3.27. The number of aliphatic hydroxyl groups excluding tert-OH is 1. The molecule has 10 heteroatoms. The monoisotopic (exact) mass is 458 g/mol. The molecule has 1 aromatic heterocycles. The minimum absolute atomic E-state index is 0.0857. The number of halogens is 1. The van der Waals surface area contributed by atoms with Crippen molar-refractivity contribution in [2.45, 2.75) is 44.2 Å². The Morgan fingerprint density at radius 1 is 1.12 bits per heavy atom. The Morgan fingerprint density at radius 3 is 2.55 bits per heavy atom. The molecule has 3 atom stereocenters. The third-order valence-corrected chi connectivity index (χ3v) is 6.28. The zero-order chi connectivity index (χ0) is 23.5. The fourth-order valence-corrected chi connectivity index (χ4v) is 4.20. The predicted octanol–water partition coefficient (Wildman–Crippen LogP) is 0.778. The number of hydrogen-bond acceptors (Lipinski definition) is 5.